The van der Waals surface area contributed by atoms with Crippen LogP contribution in [0.5, 0.6) is 0 Å². The van der Waals surface area contributed by atoms with Crippen LogP contribution < -0.4 is 5.32 Å². The molecule has 0 atom stereocenters. The van der Waals surface area contributed by atoms with Crippen molar-refractivity contribution in [2.75, 3.05) is 7.05 Å². The summed E-state index contributed by atoms with van der Waals surface area (Å²) in [7, 11) is 1.86. The monoisotopic (exact) mass is 282 g/mol. The van der Waals surface area contributed by atoms with Gasteiger partial charge in [0, 0.05) is 12.1 Å². The zero-order chi connectivity index (χ0) is 14.7. The topological polar surface area (TPSA) is 42.7 Å². The molecule has 5 heteroatoms. The fourth-order valence-corrected chi connectivity index (χ4v) is 2.31. The number of nitrogens with one attached hydrogen (secondary N) is 1. The van der Waals surface area contributed by atoms with Crippen molar-refractivity contribution in [1.82, 2.24) is 20.3 Å². The van der Waals surface area contributed by atoms with Gasteiger partial charge in [-0.1, -0.05) is 29.5 Å². The molecule has 0 aliphatic rings. The van der Waals surface area contributed by atoms with Crippen molar-refractivity contribution in [3.63, 3.8) is 0 Å². The number of rotatable bonds is 4. The van der Waals surface area contributed by atoms with Gasteiger partial charge in [0.15, 0.2) is 0 Å². The molecule has 4 nitrogen and oxygen atoms in total. The Morgan fingerprint density at radius 3 is 2.71 bits per heavy atom. The first kappa shape index (κ1) is 13.5. The predicted molar refractivity (Wildman–Crippen MR) is 79.5 cm³/mol. The molecule has 0 aliphatic carbocycles. The minimum Gasteiger partial charge on any atom is -0.316 e. The van der Waals surface area contributed by atoms with E-state index >= 15 is 0 Å². The summed E-state index contributed by atoms with van der Waals surface area (Å²) < 4.78 is 15.4. The van der Waals surface area contributed by atoms with Gasteiger partial charge >= 0.3 is 0 Å². The summed E-state index contributed by atoms with van der Waals surface area (Å²) in [5, 5.41) is 11.2. The van der Waals surface area contributed by atoms with E-state index in [1.807, 2.05) is 37.4 Å². The number of benzene rings is 2. The fraction of sp³-hybridized carbons (Fsp3) is 0.125. The van der Waals surface area contributed by atoms with Crippen LogP contribution in [0.25, 0.3) is 16.9 Å². The van der Waals surface area contributed by atoms with Gasteiger partial charge in [0.1, 0.15) is 5.82 Å². The van der Waals surface area contributed by atoms with E-state index in [1.165, 1.54) is 12.1 Å². The molecule has 0 saturated carbocycles. The van der Waals surface area contributed by atoms with Crippen LogP contribution in [-0.4, -0.2) is 22.0 Å². The van der Waals surface area contributed by atoms with Gasteiger partial charge in [0.25, 0.3) is 0 Å². The molecule has 0 saturated heterocycles. The second-order valence-electron chi connectivity index (χ2n) is 4.70. The molecular formula is C16H15FN4. The van der Waals surface area contributed by atoms with Crippen molar-refractivity contribution in [3.8, 4) is 16.9 Å². The molecule has 106 valence electrons. The molecule has 1 aromatic heterocycles. The van der Waals surface area contributed by atoms with Crippen molar-refractivity contribution in [2.45, 2.75) is 6.54 Å². The van der Waals surface area contributed by atoms with Crippen molar-refractivity contribution in [3.05, 3.63) is 66.1 Å². The van der Waals surface area contributed by atoms with Crippen LogP contribution in [-0.2, 0) is 6.54 Å². The summed E-state index contributed by atoms with van der Waals surface area (Å²) in [5.41, 5.74) is 3.45. The Balaban J connectivity index is 2.14. The first-order valence-corrected chi connectivity index (χ1v) is 6.69. The van der Waals surface area contributed by atoms with Gasteiger partial charge in [0.2, 0.25) is 0 Å². The van der Waals surface area contributed by atoms with Gasteiger partial charge in [-0.05, 0) is 36.9 Å². The van der Waals surface area contributed by atoms with Crippen LogP contribution in [0.4, 0.5) is 4.39 Å². The number of nitrogens with zero attached hydrogens (tertiary/aromatic N) is 3. The van der Waals surface area contributed by atoms with E-state index < -0.39 is 0 Å². The largest absolute Gasteiger partial charge is 0.316 e. The molecule has 0 spiro atoms. The molecule has 3 rings (SSSR count). The van der Waals surface area contributed by atoms with Crippen molar-refractivity contribution in [1.29, 1.82) is 0 Å². The highest BCUT2D eigenvalue weighted by Gasteiger charge is 2.13. The summed E-state index contributed by atoms with van der Waals surface area (Å²) in [5.74, 6) is -0.273. The zero-order valence-electron chi connectivity index (χ0n) is 11.6. The number of aromatic nitrogens is 3. The van der Waals surface area contributed by atoms with Gasteiger partial charge in [-0.2, -0.15) is 0 Å². The van der Waals surface area contributed by atoms with E-state index in [-0.39, 0.29) is 5.82 Å². The Hall–Kier alpha value is -2.53. The Kier molecular flexibility index (Phi) is 3.75. The smallest absolute Gasteiger partial charge is 0.123 e. The lowest BCUT2D eigenvalue weighted by Gasteiger charge is -2.11. The quantitative estimate of drug-likeness (QED) is 0.800. The summed E-state index contributed by atoms with van der Waals surface area (Å²) in [6.45, 7) is 0.648. The third-order valence-corrected chi connectivity index (χ3v) is 3.27. The van der Waals surface area contributed by atoms with Gasteiger partial charge < -0.3 is 5.32 Å². The first-order chi connectivity index (χ1) is 10.3. The molecule has 21 heavy (non-hydrogen) atoms. The highest BCUT2D eigenvalue weighted by Crippen LogP contribution is 2.26. The highest BCUT2D eigenvalue weighted by atomic mass is 19.1. The fourth-order valence-electron chi connectivity index (χ4n) is 2.31. The van der Waals surface area contributed by atoms with Crippen molar-refractivity contribution >= 4 is 0 Å². The molecule has 0 aliphatic heterocycles. The van der Waals surface area contributed by atoms with Crippen molar-refractivity contribution < 1.29 is 4.39 Å². The summed E-state index contributed by atoms with van der Waals surface area (Å²) in [6.07, 6.45) is 1.65. The SMILES string of the molecule is CNCc1ccc(F)cc1-c1cnnn1-c1ccccc1. The average molecular weight is 282 g/mol. The van der Waals surface area contributed by atoms with E-state index in [0.717, 1.165) is 22.5 Å². The second-order valence-corrected chi connectivity index (χ2v) is 4.70. The summed E-state index contributed by atoms with van der Waals surface area (Å²) >= 11 is 0. The Bertz CT molecular complexity index is 737. The Labute approximate surface area is 122 Å². The van der Waals surface area contributed by atoms with E-state index in [9.17, 15) is 4.39 Å². The molecule has 1 N–H and O–H groups in total. The maximum absolute atomic E-state index is 13.6. The maximum Gasteiger partial charge on any atom is 0.123 e. The van der Waals surface area contributed by atoms with Crippen molar-refractivity contribution in [2.24, 2.45) is 0 Å². The average Bonchev–Trinajstić information content (AvgIpc) is 2.99. The number of halogens is 1. The molecule has 3 aromatic rings. The zero-order valence-corrected chi connectivity index (χ0v) is 11.6. The second kappa shape index (κ2) is 5.85. The predicted octanol–water partition coefficient (Wildman–Crippen LogP) is 2.79. The van der Waals surface area contributed by atoms with E-state index in [0.29, 0.717) is 6.54 Å². The molecule has 0 amide bonds. The summed E-state index contributed by atoms with van der Waals surface area (Å²) in [6, 6.07) is 14.4. The van der Waals surface area contributed by atoms with Crippen LogP contribution in [0.3, 0.4) is 0 Å². The maximum atomic E-state index is 13.6. The van der Waals surface area contributed by atoms with Gasteiger partial charge in [-0.3, -0.25) is 0 Å². The van der Waals surface area contributed by atoms with Crippen LogP contribution in [0.1, 0.15) is 5.56 Å². The van der Waals surface area contributed by atoms with Gasteiger partial charge in [0.05, 0.1) is 17.6 Å². The lowest BCUT2D eigenvalue weighted by atomic mass is 10.0. The molecule has 0 bridgehead atoms. The van der Waals surface area contributed by atoms with Crippen LogP contribution in [0, 0.1) is 5.82 Å². The number of hydrogen-bond acceptors (Lipinski definition) is 3. The van der Waals surface area contributed by atoms with Crippen LogP contribution in [0.15, 0.2) is 54.7 Å². The molecule has 0 fully saturated rings. The van der Waals surface area contributed by atoms with Crippen LogP contribution in [0.2, 0.25) is 0 Å². The molecule has 2 aromatic carbocycles. The highest BCUT2D eigenvalue weighted by molar-refractivity contribution is 5.65. The third-order valence-electron chi connectivity index (χ3n) is 3.27. The standard InChI is InChI=1S/C16H15FN4/c1-18-10-12-7-8-13(17)9-15(12)16-11-19-20-21(16)14-5-3-2-4-6-14/h2-9,11,18H,10H2,1H3. The van der Waals surface area contributed by atoms with Crippen LogP contribution >= 0.6 is 0 Å². The molecule has 1 heterocycles. The molecular weight excluding hydrogens is 267 g/mol. The van der Waals surface area contributed by atoms with Gasteiger partial charge in [-0.25, -0.2) is 9.07 Å². The lowest BCUT2D eigenvalue weighted by molar-refractivity contribution is 0.626. The number of hydrogen-bond donors (Lipinski definition) is 1. The minimum absolute atomic E-state index is 0.273. The minimum atomic E-state index is -0.273. The van der Waals surface area contributed by atoms with E-state index in [4.69, 9.17) is 0 Å². The number of para-hydroxylation sites is 1. The van der Waals surface area contributed by atoms with E-state index in [2.05, 4.69) is 15.6 Å². The van der Waals surface area contributed by atoms with E-state index in [1.54, 1.807) is 16.9 Å². The third kappa shape index (κ3) is 2.68. The summed E-state index contributed by atoms with van der Waals surface area (Å²) in [4.78, 5) is 0. The Morgan fingerprint density at radius 2 is 1.95 bits per heavy atom. The van der Waals surface area contributed by atoms with Gasteiger partial charge in [-0.15, -0.1) is 5.10 Å². The normalized spacial score (nSPS) is 10.8. The lowest BCUT2D eigenvalue weighted by Crippen LogP contribution is -2.08. The first-order valence-electron chi connectivity index (χ1n) is 6.69. The molecule has 0 radical (unpaired) electrons. The molecule has 0 unspecified atom stereocenters. The Morgan fingerprint density at radius 1 is 1.14 bits per heavy atom.